The molecule has 0 saturated heterocycles. The van der Waals surface area contributed by atoms with E-state index < -0.39 is 0 Å². The zero-order chi connectivity index (χ0) is 11.9. The van der Waals surface area contributed by atoms with E-state index in [0.717, 1.165) is 0 Å². The van der Waals surface area contributed by atoms with Crippen molar-refractivity contribution in [2.24, 2.45) is 0 Å². The second-order valence-electron chi connectivity index (χ2n) is 4.31. The molecular weight excluding hydrogens is 275 g/mol. The van der Waals surface area contributed by atoms with Gasteiger partial charge >= 0.3 is 110 Å². The van der Waals surface area contributed by atoms with Crippen molar-refractivity contribution in [3.05, 3.63) is 30.3 Å². The van der Waals surface area contributed by atoms with Crippen molar-refractivity contribution in [2.45, 2.75) is 36.6 Å². The average Bonchev–Trinajstić information content (AvgIpc) is 2.39. The van der Waals surface area contributed by atoms with Gasteiger partial charge in [0.25, 0.3) is 0 Å². The van der Waals surface area contributed by atoms with E-state index in [1.807, 2.05) is 0 Å². The molecule has 1 aliphatic rings. The van der Waals surface area contributed by atoms with Gasteiger partial charge < -0.3 is 0 Å². The molecule has 2 rings (SSSR count). The van der Waals surface area contributed by atoms with Gasteiger partial charge in [0.15, 0.2) is 0 Å². The molecule has 0 spiro atoms. The molecule has 1 aromatic carbocycles. The molecule has 2 heteroatoms. The van der Waals surface area contributed by atoms with E-state index in [0.29, 0.717) is 32.5 Å². The summed E-state index contributed by atoms with van der Waals surface area (Å²) in [7, 11) is 0. The van der Waals surface area contributed by atoms with Gasteiger partial charge in [-0.3, -0.25) is 0 Å². The van der Waals surface area contributed by atoms with Gasteiger partial charge in [0, 0.05) is 0 Å². The Balaban J connectivity index is 1.94. The summed E-state index contributed by atoms with van der Waals surface area (Å²) in [5.74, 6) is 2.58. The minimum atomic E-state index is 0.389. The molecule has 0 heterocycles. The van der Waals surface area contributed by atoms with Crippen LogP contribution in [-0.2, 0) is 4.74 Å². The first kappa shape index (κ1) is 12.7. The number of terminal acetylenes is 1. The molecule has 0 radical (unpaired) electrons. The number of ether oxygens (including phenoxy) is 1. The van der Waals surface area contributed by atoms with Crippen LogP contribution in [-0.4, -0.2) is 27.7 Å². The topological polar surface area (TPSA) is 9.23 Å². The second kappa shape index (κ2) is 6.87. The van der Waals surface area contributed by atoms with Crippen molar-refractivity contribution in [3.8, 4) is 12.3 Å². The first-order chi connectivity index (χ1) is 8.40. The summed E-state index contributed by atoms with van der Waals surface area (Å²) >= 11 is 0.515. The fraction of sp³-hybridized carbons (Fsp3) is 0.467. The zero-order valence-electron chi connectivity index (χ0n) is 9.97. The van der Waals surface area contributed by atoms with Crippen LogP contribution in [0, 0.1) is 12.3 Å². The van der Waals surface area contributed by atoms with Gasteiger partial charge in [-0.05, 0) is 0 Å². The van der Waals surface area contributed by atoms with Gasteiger partial charge in [-0.1, -0.05) is 0 Å². The standard InChI is InChI=1S/C15H18OSe/c1-2-12-16-14-10-6-7-11-15(14)17-13-8-4-3-5-9-13/h1,3-5,8-9,14-15H,6-7,10-12H2/t14-,15-/m0/s1. The molecule has 1 aliphatic carbocycles. The van der Waals surface area contributed by atoms with E-state index in [-0.39, 0.29) is 0 Å². The molecule has 1 fully saturated rings. The fourth-order valence-electron chi connectivity index (χ4n) is 2.22. The van der Waals surface area contributed by atoms with E-state index >= 15 is 0 Å². The van der Waals surface area contributed by atoms with Gasteiger partial charge in [-0.25, -0.2) is 0 Å². The summed E-state index contributed by atoms with van der Waals surface area (Å²) < 4.78 is 7.27. The Morgan fingerprint density at radius 3 is 2.76 bits per heavy atom. The van der Waals surface area contributed by atoms with Gasteiger partial charge in [0.2, 0.25) is 0 Å². The Labute approximate surface area is 110 Å². The van der Waals surface area contributed by atoms with Gasteiger partial charge in [0.05, 0.1) is 0 Å². The quantitative estimate of drug-likeness (QED) is 0.612. The summed E-state index contributed by atoms with van der Waals surface area (Å²) in [6.07, 6.45) is 10.8. The second-order valence-corrected chi connectivity index (χ2v) is 7.06. The Bertz CT molecular complexity index is 368. The number of rotatable bonds is 4. The van der Waals surface area contributed by atoms with E-state index in [2.05, 4.69) is 36.3 Å². The predicted octanol–water partition coefficient (Wildman–Crippen LogP) is 2.40. The zero-order valence-corrected chi connectivity index (χ0v) is 11.7. The summed E-state index contributed by atoms with van der Waals surface area (Å²) in [6.45, 7) is 0.464. The molecule has 1 aromatic rings. The van der Waals surface area contributed by atoms with Gasteiger partial charge in [0.1, 0.15) is 0 Å². The van der Waals surface area contributed by atoms with E-state index in [4.69, 9.17) is 11.2 Å². The molecular formula is C15H18OSe. The summed E-state index contributed by atoms with van der Waals surface area (Å²) in [6, 6.07) is 10.8. The van der Waals surface area contributed by atoms with Crippen LogP contribution in [0.4, 0.5) is 0 Å². The monoisotopic (exact) mass is 294 g/mol. The first-order valence-corrected chi connectivity index (χ1v) is 8.01. The van der Waals surface area contributed by atoms with Crippen LogP contribution in [0.3, 0.4) is 0 Å². The van der Waals surface area contributed by atoms with Crippen molar-refractivity contribution < 1.29 is 4.74 Å². The number of hydrogen-bond donors (Lipinski definition) is 0. The molecule has 1 nitrogen and oxygen atoms in total. The molecule has 1 saturated carbocycles. The fourth-order valence-corrected chi connectivity index (χ4v) is 4.98. The molecule has 2 atom stereocenters. The SMILES string of the molecule is C#CCO[C@H]1CCCC[C@@H]1[Se]c1ccccc1. The van der Waals surface area contributed by atoms with Crippen LogP contribution >= 0.6 is 0 Å². The number of hydrogen-bond acceptors (Lipinski definition) is 1. The van der Waals surface area contributed by atoms with Crippen molar-refractivity contribution in [2.75, 3.05) is 6.61 Å². The third-order valence-electron chi connectivity index (χ3n) is 3.05. The predicted molar refractivity (Wildman–Crippen MR) is 72.6 cm³/mol. The number of benzene rings is 1. The van der Waals surface area contributed by atoms with Crippen LogP contribution in [0.2, 0.25) is 4.82 Å². The van der Waals surface area contributed by atoms with Crippen molar-refractivity contribution in [3.63, 3.8) is 0 Å². The van der Waals surface area contributed by atoms with E-state index in [1.165, 1.54) is 30.1 Å². The summed E-state index contributed by atoms with van der Waals surface area (Å²) in [5, 5.41) is 0. The third-order valence-corrected chi connectivity index (χ3v) is 5.96. The molecule has 0 amide bonds. The van der Waals surface area contributed by atoms with Crippen LogP contribution < -0.4 is 4.46 Å². The Morgan fingerprint density at radius 2 is 2.00 bits per heavy atom. The van der Waals surface area contributed by atoms with E-state index in [9.17, 15) is 0 Å². The van der Waals surface area contributed by atoms with Crippen LogP contribution in [0.5, 0.6) is 0 Å². The Kier molecular flexibility index (Phi) is 5.13. The minimum absolute atomic E-state index is 0.389. The van der Waals surface area contributed by atoms with Crippen LogP contribution in [0.25, 0.3) is 0 Å². The van der Waals surface area contributed by atoms with Gasteiger partial charge in [-0.15, -0.1) is 0 Å². The molecule has 0 aliphatic heterocycles. The molecule has 90 valence electrons. The molecule has 17 heavy (non-hydrogen) atoms. The third kappa shape index (κ3) is 3.89. The van der Waals surface area contributed by atoms with Crippen LogP contribution in [0.1, 0.15) is 25.7 Å². The maximum absolute atomic E-state index is 5.80. The average molecular weight is 293 g/mol. The van der Waals surface area contributed by atoms with E-state index in [1.54, 1.807) is 0 Å². The molecule has 0 aromatic heterocycles. The van der Waals surface area contributed by atoms with Crippen LogP contribution in [0.15, 0.2) is 30.3 Å². The summed E-state index contributed by atoms with van der Waals surface area (Å²) in [4.78, 5) is 0.701. The van der Waals surface area contributed by atoms with Crippen molar-refractivity contribution in [1.29, 1.82) is 0 Å². The van der Waals surface area contributed by atoms with Gasteiger partial charge in [-0.2, -0.15) is 0 Å². The van der Waals surface area contributed by atoms with Crippen molar-refractivity contribution >= 4 is 19.4 Å². The maximum atomic E-state index is 5.80. The Hall–Kier alpha value is -0.741. The Morgan fingerprint density at radius 1 is 1.24 bits per heavy atom. The van der Waals surface area contributed by atoms with Crippen molar-refractivity contribution in [1.82, 2.24) is 0 Å². The normalized spacial score (nSPS) is 24.2. The first-order valence-electron chi connectivity index (χ1n) is 6.17. The molecule has 0 bridgehead atoms. The molecule has 0 unspecified atom stereocenters. The summed E-state index contributed by atoms with van der Waals surface area (Å²) in [5.41, 5.74) is 0. The molecule has 0 N–H and O–H groups in total.